The zero-order valence-electron chi connectivity index (χ0n) is 21.4. The Kier molecular flexibility index (Phi) is 9.41. The van der Waals surface area contributed by atoms with Gasteiger partial charge in [0.1, 0.15) is 17.5 Å². The fourth-order valence-electron chi connectivity index (χ4n) is 3.99. The van der Waals surface area contributed by atoms with E-state index in [-0.39, 0.29) is 11.4 Å². The van der Waals surface area contributed by atoms with Crippen molar-refractivity contribution >= 4 is 52.0 Å². The lowest BCUT2D eigenvalue weighted by Gasteiger charge is -2.21. The van der Waals surface area contributed by atoms with Crippen molar-refractivity contribution in [3.05, 3.63) is 106 Å². The first kappa shape index (κ1) is 28.0. The zero-order chi connectivity index (χ0) is 27.8. The fraction of sp³-hybridized carbons (Fsp3) is 0.167. The standard InChI is InChI=1S/C30H27Cl2N3O4/c1-19(39-28-15-13-22(31)17-25(28)32)29(36)34-26(16-20-8-4-3-5-9-20)30(37)35-33-18-21-12-14-27(38-2)24-11-7-6-10-23(21)24/h3-15,17-19,26H,16H2,1-2H3,(H,34,36)(H,35,37)/b33-18-/t19-,26+/m0/s1. The van der Waals surface area contributed by atoms with Gasteiger partial charge in [-0.1, -0.05) is 77.8 Å². The van der Waals surface area contributed by atoms with Gasteiger partial charge in [-0.25, -0.2) is 5.43 Å². The second kappa shape index (κ2) is 13.1. The molecule has 2 N–H and O–H groups in total. The Labute approximate surface area is 236 Å². The van der Waals surface area contributed by atoms with E-state index in [9.17, 15) is 9.59 Å². The number of hydrogen-bond donors (Lipinski definition) is 2. The molecule has 2 atom stereocenters. The minimum Gasteiger partial charge on any atom is -0.496 e. The van der Waals surface area contributed by atoms with Crippen LogP contribution in [0.1, 0.15) is 18.1 Å². The maximum atomic E-state index is 13.2. The highest BCUT2D eigenvalue weighted by Gasteiger charge is 2.25. The number of nitrogens with one attached hydrogen (secondary N) is 2. The van der Waals surface area contributed by atoms with E-state index >= 15 is 0 Å². The zero-order valence-corrected chi connectivity index (χ0v) is 22.9. The monoisotopic (exact) mass is 563 g/mol. The number of carbonyl (C=O) groups excluding carboxylic acids is 2. The van der Waals surface area contributed by atoms with E-state index in [4.69, 9.17) is 32.7 Å². The van der Waals surface area contributed by atoms with Crippen LogP contribution in [-0.4, -0.2) is 37.3 Å². The number of amides is 2. The Bertz CT molecular complexity index is 1490. The number of hydrogen-bond acceptors (Lipinski definition) is 5. The Hall–Kier alpha value is -4.07. The molecule has 200 valence electrons. The molecule has 0 unspecified atom stereocenters. The van der Waals surface area contributed by atoms with E-state index in [0.717, 1.165) is 27.6 Å². The molecule has 0 aliphatic carbocycles. The number of ether oxygens (including phenoxy) is 2. The van der Waals surface area contributed by atoms with E-state index in [0.29, 0.717) is 10.8 Å². The normalized spacial score (nSPS) is 12.6. The lowest BCUT2D eigenvalue weighted by atomic mass is 10.0. The van der Waals surface area contributed by atoms with E-state index in [2.05, 4.69) is 15.8 Å². The van der Waals surface area contributed by atoms with Crippen molar-refractivity contribution in [2.75, 3.05) is 7.11 Å². The van der Waals surface area contributed by atoms with Crippen LogP contribution in [0.5, 0.6) is 11.5 Å². The van der Waals surface area contributed by atoms with Crippen LogP contribution in [0.3, 0.4) is 0 Å². The number of hydrazone groups is 1. The Morgan fingerprint density at radius 3 is 2.31 bits per heavy atom. The minimum atomic E-state index is -0.927. The van der Waals surface area contributed by atoms with Crippen LogP contribution in [0.4, 0.5) is 0 Å². The average Bonchev–Trinajstić information content (AvgIpc) is 2.94. The first-order chi connectivity index (χ1) is 18.9. The van der Waals surface area contributed by atoms with Gasteiger partial charge in [0.15, 0.2) is 6.10 Å². The fourth-order valence-corrected chi connectivity index (χ4v) is 4.44. The number of benzene rings is 4. The van der Waals surface area contributed by atoms with Crippen LogP contribution < -0.4 is 20.2 Å². The number of fused-ring (bicyclic) bond motifs is 1. The molecule has 0 fully saturated rings. The van der Waals surface area contributed by atoms with Crippen molar-refractivity contribution in [1.29, 1.82) is 0 Å². The lowest BCUT2D eigenvalue weighted by molar-refractivity contribution is -0.132. The molecule has 7 nitrogen and oxygen atoms in total. The highest BCUT2D eigenvalue weighted by atomic mass is 35.5. The quantitative estimate of drug-likeness (QED) is 0.188. The van der Waals surface area contributed by atoms with Crippen LogP contribution in [0.15, 0.2) is 90.0 Å². The molecular formula is C30H27Cl2N3O4. The van der Waals surface area contributed by atoms with Crippen molar-refractivity contribution in [2.24, 2.45) is 5.10 Å². The number of nitrogens with zero attached hydrogens (tertiary/aromatic N) is 1. The Morgan fingerprint density at radius 1 is 0.897 bits per heavy atom. The third-order valence-electron chi connectivity index (χ3n) is 6.00. The van der Waals surface area contributed by atoms with Crippen LogP contribution >= 0.6 is 23.2 Å². The van der Waals surface area contributed by atoms with E-state index in [1.807, 2.05) is 66.7 Å². The summed E-state index contributed by atoms with van der Waals surface area (Å²) in [6.45, 7) is 1.57. The molecule has 0 heterocycles. The van der Waals surface area contributed by atoms with Gasteiger partial charge in [0.25, 0.3) is 11.8 Å². The third kappa shape index (κ3) is 7.28. The molecule has 39 heavy (non-hydrogen) atoms. The average molecular weight is 564 g/mol. The minimum absolute atomic E-state index is 0.258. The van der Waals surface area contributed by atoms with Crippen molar-refractivity contribution in [2.45, 2.75) is 25.5 Å². The Morgan fingerprint density at radius 2 is 1.59 bits per heavy atom. The van der Waals surface area contributed by atoms with Gasteiger partial charge in [0.05, 0.1) is 18.3 Å². The number of halogens is 2. The SMILES string of the molecule is COc1ccc(/C=N\NC(=O)[C@@H](Cc2ccccc2)NC(=O)[C@H](C)Oc2ccc(Cl)cc2Cl)c2ccccc12. The van der Waals surface area contributed by atoms with E-state index < -0.39 is 24.0 Å². The molecule has 0 saturated carbocycles. The molecule has 2 amide bonds. The second-order valence-electron chi connectivity index (χ2n) is 8.72. The van der Waals surface area contributed by atoms with Crippen LogP contribution in [0, 0.1) is 0 Å². The summed E-state index contributed by atoms with van der Waals surface area (Å²) in [5.41, 5.74) is 4.24. The largest absolute Gasteiger partial charge is 0.496 e. The van der Waals surface area contributed by atoms with Gasteiger partial charge < -0.3 is 14.8 Å². The highest BCUT2D eigenvalue weighted by Crippen LogP contribution is 2.29. The number of methoxy groups -OCH3 is 1. The maximum absolute atomic E-state index is 13.2. The summed E-state index contributed by atoms with van der Waals surface area (Å²) in [7, 11) is 1.62. The smallest absolute Gasteiger partial charge is 0.262 e. The van der Waals surface area contributed by atoms with Gasteiger partial charge >= 0.3 is 0 Å². The summed E-state index contributed by atoms with van der Waals surface area (Å²) in [6, 6.07) is 24.7. The maximum Gasteiger partial charge on any atom is 0.262 e. The second-order valence-corrected chi connectivity index (χ2v) is 9.57. The molecular weight excluding hydrogens is 537 g/mol. The van der Waals surface area contributed by atoms with Crippen molar-refractivity contribution < 1.29 is 19.1 Å². The van der Waals surface area contributed by atoms with Gasteiger partial charge in [-0.3, -0.25) is 9.59 Å². The Balaban J connectivity index is 1.48. The number of rotatable bonds is 10. The van der Waals surface area contributed by atoms with Crippen molar-refractivity contribution in [3.63, 3.8) is 0 Å². The summed E-state index contributed by atoms with van der Waals surface area (Å²) in [5, 5.41) is 9.53. The highest BCUT2D eigenvalue weighted by molar-refractivity contribution is 6.35. The topological polar surface area (TPSA) is 89.0 Å². The molecule has 4 aromatic rings. The molecule has 4 rings (SSSR count). The van der Waals surface area contributed by atoms with Crippen molar-refractivity contribution in [1.82, 2.24) is 10.7 Å². The summed E-state index contributed by atoms with van der Waals surface area (Å²) in [5.74, 6) is 0.0953. The third-order valence-corrected chi connectivity index (χ3v) is 6.53. The molecule has 0 saturated heterocycles. The van der Waals surface area contributed by atoms with Crippen molar-refractivity contribution in [3.8, 4) is 11.5 Å². The molecule has 0 bridgehead atoms. The first-order valence-corrected chi connectivity index (χ1v) is 13.0. The first-order valence-electron chi connectivity index (χ1n) is 12.2. The van der Waals surface area contributed by atoms with Gasteiger partial charge in [-0.2, -0.15) is 5.10 Å². The molecule has 9 heteroatoms. The summed E-state index contributed by atoms with van der Waals surface area (Å²) in [4.78, 5) is 26.2. The van der Waals surface area contributed by atoms with E-state index in [1.54, 1.807) is 32.4 Å². The van der Waals surface area contributed by atoms with Gasteiger partial charge in [-0.05, 0) is 48.2 Å². The van der Waals surface area contributed by atoms with Crippen LogP contribution in [0.2, 0.25) is 10.0 Å². The molecule has 0 spiro atoms. The summed E-state index contributed by atoms with van der Waals surface area (Å²) in [6.07, 6.45) is 0.896. The molecule has 0 aromatic heterocycles. The number of carbonyl (C=O) groups is 2. The molecule has 4 aromatic carbocycles. The summed E-state index contributed by atoms with van der Waals surface area (Å²) < 4.78 is 11.2. The summed E-state index contributed by atoms with van der Waals surface area (Å²) >= 11 is 12.1. The van der Waals surface area contributed by atoms with Crippen LogP contribution in [-0.2, 0) is 16.0 Å². The van der Waals surface area contributed by atoms with Gasteiger partial charge in [-0.15, -0.1) is 0 Å². The molecule has 0 radical (unpaired) electrons. The predicted octanol–water partition coefficient (Wildman–Crippen LogP) is 5.80. The molecule has 0 aliphatic rings. The van der Waals surface area contributed by atoms with E-state index in [1.165, 1.54) is 6.07 Å². The predicted molar refractivity (Wildman–Crippen MR) is 155 cm³/mol. The van der Waals surface area contributed by atoms with Gasteiger partial charge in [0.2, 0.25) is 0 Å². The molecule has 0 aliphatic heterocycles. The van der Waals surface area contributed by atoms with Gasteiger partial charge in [0, 0.05) is 22.4 Å². The lowest BCUT2D eigenvalue weighted by Crippen LogP contribution is -2.50. The van der Waals surface area contributed by atoms with Crippen LogP contribution in [0.25, 0.3) is 10.8 Å².